The minimum atomic E-state index is 0.0119. The van der Waals surface area contributed by atoms with Crippen LogP contribution >= 0.6 is 22.9 Å². The largest absolute Gasteiger partial charge is 0.334 e. The molecule has 4 rings (SSSR count). The Labute approximate surface area is 144 Å². The number of carbonyl (C=O) groups excluding carboxylic acids is 1. The molecule has 0 N–H and O–H groups in total. The minimum absolute atomic E-state index is 0.0119. The molecule has 4 heteroatoms. The summed E-state index contributed by atoms with van der Waals surface area (Å²) in [7, 11) is 1.88. The molecule has 0 fully saturated rings. The van der Waals surface area contributed by atoms with Crippen LogP contribution in [0.2, 0.25) is 5.02 Å². The van der Waals surface area contributed by atoms with Crippen molar-refractivity contribution in [3.63, 3.8) is 0 Å². The second kappa shape index (κ2) is 5.66. The van der Waals surface area contributed by atoms with Gasteiger partial charge in [0, 0.05) is 17.1 Å². The molecule has 1 aliphatic rings. The third-order valence-electron chi connectivity index (χ3n) is 4.62. The van der Waals surface area contributed by atoms with Gasteiger partial charge < -0.3 is 4.90 Å². The van der Waals surface area contributed by atoms with Gasteiger partial charge in [0.15, 0.2) is 0 Å². The maximum atomic E-state index is 13.0. The van der Waals surface area contributed by atoms with Crippen LogP contribution in [0.5, 0.6) is 0 Å². The molecule has 1 aliphatic carbocycles. The van der Waals surface area contributed by atoms with E-state index in [0.29, 0.717) is 9.90 Å². The molecule has 0 radical (unpaired) electrons. The van der Waals surface area contributed by atoms with Crippen molar-refractivity contribution >= 4 is 38.9 Å². The van der Waals surface area contributed by atoms with E-state index in [1.807, 2.05) is 42.3 Å². The number of aryl methyl sites for hydroxylation is 1. The first-order chi connectivity index (χ1) is 11.2. The molecule has 1 aromatic heterocycles. The summed E-state index contributed by atoms with van der Waals surface area (Å²) >= 11 is 7.94. The predicted molar refractivity (Wildman–Crippen MR) is 96.4 cm³/mol. The van der Waals surface area contributed by atoms with Gasteiger partial charge in [0.1, 0.15) is 4.88 Å². The number of hydrogen-bond donors (Lipinski definition) is 0. The van der Waals surface area contributed by atoms with Crippen LogP contribution in [-0.4, -0.2) is 17.9 Å². The third kappa shape index (κ3) is 2.35. The van der Waals surface area contributed by atoms with Crippen LogP contribution < -0.4 is 0 Å². The molecule has 1 amide bonds. The Hall–Kier alpha value is -1.84. The van der Waals surface area contributed by atoms with E-state index in [2.05, 4.69) is 18.2 Å². The highest BCUT2D eigenvalue weighted by atomic mass is 35.5. The second-order valence-electron chi connectivity index (χ2n) is 5.91. The molecule has 116 valence electrons. The van der Waals surface area contributed by atoms with Crippen molar-refractivity contribution in [3.8, 4) is 0 Å². The lowest BCUT2D eigenvalue weighted by molar-refractivity contribution is 0.0736. The van der Waals surface area contributed by atoms with Crippen molar-refractivity contribution in [1.29, 1.82) is 0 Å². The predicted octanol–water partition coefficient (Wildman–Crippen LogP) is 5.31. The van der Waals surface area contributed by atoms with E-state index >= 15 is 0 Å². The van der Waals surface area contributed by atoms with Crippen LogP contribution in [0.4, 0.5) is 0 Å². The number of carbonyl (C=O) groups is 1. The van der Waals surface area contributed by atoms with E-state index in [1.54, 1.807) is 0 Å². The normalized spacial score (nSPS) is 16.5. The van der Waals surface area contributed by atoms with Gasteiger partial charge >= 0.3 is 0 Å². The van der Waals surface area contributed by atoms with E-state index in [1.165, 1.54) is 22.5 Å². The summed E-state index contributed by atoms with van der Waals surface area (Å²) in [5.41, 5.74) is 2.61. The summed E-state index contributed by atoms with van der Waals surface area (Å²) in [6, 6.07) is 16.4. The molecule has 23 heavy (non-hydrogen) atoms. The number of hydrogen-bond acceptors (Lipinski definition) is 2. The Bertz CT molecular complexity index is 901. The van der Waals surface area contributed by atoms with Crippen molar-refractivity contribution < 1.29 is 4.79 Å². The van der Waals surface area contributed by atoms with Gasteiger partial charge in [-0.25, -0.2) is 0 Å². The van der Waals surface area contributed by atoms with Crippen LogP contribution in [0.3, 0.4) is 0 Å². The fraction of sp³-hybridized carbons (Fsp3) is 0.211. The number of nitrogens with zero attached hydrogens (tertiary/aromatic N) is 1. The topological polar surface area (TPSA) is 20.3 Å². The van der Waals surface area contributed by atoms with Gasteiger partial charge in [-0.05, 0) is 30.0 Å². The van der Waals surface area contributed by atoms with Crippen molar-refractivity contribution in [2.24, 2.45) is 0 Å². The molecule has 1 unspecified atom stereocenters. The second-order valence-corrected chi connectivity index (χ2v) is 7.34. The van der Waals surface area contributed by atoms with Gasteiger partial charge in [-0.15, -0.1) is 11.3 Å². The van der Waals surface area contributed by atoms with Gasteiger partial charge in [0.25, 0.3) is 5.91 Å². The van der Waals surface area contributed by atoms with Crippen LogP contribution in [0.25, 0.3) is 10.1 Å². The van der Waals surface area contributed by atoms with Gasteiger partial charge in [0.2, 0.25) is 0 Å². The van der Waals surface area contributed by atoms with Crippen LogP contribution in [0.1, 0.15) is 33.3 Å². The molecule has 0 spiro atoms. The smallest absolute Gasteiger partial charge is 0.265 e. The van der Waals surface area contributed by atoms with E-state index < -0.39 is 0 Å². The van der Waals surface area contributed by atoms with E-state index in [0.717, 1.165) is 22.9 Å². The van der Waals surface area contributed by atoms with E-state index in [-0.39, 0.29) is 11.9 Å². The Morgan fingerprint density at radius 1 is 1.17 bits per heavy atom. The fourth-order valence-electron chi connectivity index (χ4n) is 3.39. The first-order valence-corrected chi connectivity index (χ1v) is 8.88. The highest BCUT2D eigenvalue weighted by Crippen LogP contribution is 2.39. The number of thiophene rings is 1. The van der Waals surface area contributed by atoms with Crippen molar-refractivity contribution in [2.45, 2.75) is 18.9 Å². The summed E-state index contributed by atoms with van der Waals surface area (Å²) in [5.74, 6) is 0.0119. The maximum Gasteiger partial charge on any atom is 0.265 e. The Balaban J connectivity index is 1.70. The minimum Gasteiger partial charge on any atom is -0.334 e. The lowest BCUT2D eigenvalue weighted by Gasteiger charge is -2.25. The lowest BCUT2D eigenvalue weighted by Crippen LogP contribution is -2.29. The number of rotatable bonds is 2. The summed E-state index contributed by atoms with van der Waals surface area (Å²) < 4.78 is 1.06. The quantitative estimate of drug-likeness (QED) is 0.618. The first kappa shape index (κ1) is 14.7. The molecular weight excluding hydrogens is 326 g/mol. The van der Waals surface area contributed by atoms with Gasteiger partial charge in [-0.3, -0.25) is 4.79 Å². The van der Waals surface area contributed by atoms with Gasteiger partial charge in [0.05, 0.1) is 11.1 Å². The summed E-state index contributed by atoms with van der Waals surface area (Å²) in [5, 5.41) is 1.54. The molecule has 0 saturated heterocycles. The summed E-state index contributed by atoms with van der Waals surface area (Å²) in [4.78, 5) is 15.5. The molecule has 2 aromatic carbocycles. The number of benzene rings is 2. The Morgan fingerprint density at radius 3 is 2.74 bits per heavy atom. The van der Waals surface area contributed by atoms with E-state index in [9.17, 15) is 4.79 Å². The molecular formula is C19H16ClNOS. The molecule has 3 aromatic rings. The number of amides is 1. The molecule has 1 heterocycles. The monoisotopic (exact) mass is 341 g/mol. The molecule has 1 atom stereocenters. The summed E-state index contributed by atoms with van der Waals surface area (Å²) in [6.07, 6.45) is 2.00. The molecule has 2 nitrogen and oxygen atoms in total. The molecule has 0 aliphatic heterocycles. The molecule has 0 saturated carbocycles. The van der Waals surface area contributed by atoms with Crippen LogP contribution in [-0.2, 0) is 6.42 Å². The van der Waals surface area contributed by atoms with Crippen molar-refractivity contribution in [1.82, 2.24) is 4.90 Å². The molecule has 0 bridgehead atoms. The zero-order valence-electron chi connectivity index (χ0n) is 12.8. The van der Waals surface area contributed by atoms with Crippen LogP contribution in [0.15, 0.2) is 48.5 Å². The lowest BCUT2D eigenvalue weighted by atomic mass is 10.1. The highest BCUT2D eigenvalue weighted by Gasteiger charge is 2.30. The first-order valence-electron chi connectivity index (χ1n) is 7.69. The maximum absolute atomic E-state index is 13.0. The zero-order valence-corrected chi connectivity index (χ0v) is 14.3. The summed E-state index contributed by atoms with van der Waals surface area (Å²) in [6.45, 7) is 0. The van der Waals surface area contributed by atoms with Gasteiger partial charge in [-0.2, -0.15) is 0 Å². The zero-order chi connectivity index (χ0) is 16.0. The standard InChI is InChI=1S/C19H16ClNOS/c1-21(15-11-10-12-6-2-3-7-13(12)15)19(22)18-17(20)14-8-4-5-9-16(14)23-18/h2-9,15H,10-11H2,1H3. The Morgan fingerprint density at radius 2 is 1.91 bits per heavy atom. The van der Waals surface area contributed by atoms with Crippen LogP contribution in [0, 0.1) is 0 Å². The average molecular weight is 342 g/mol. The Kier molecular flexibility index (Phi) is 3.63. The SMILES string of the molecule is CN(C(=O)c1sc2ccccc2c1Cl)C1CCc2ccccc21. The highest BCUT2D eigenvalue weighted by molar-refractivity contribution is 7.21. The average Bonchev–Trinajstić information content (AvgIpc) is 3.16. The number of halogens is 1. The number of fused-ring (bicyclic) bond motifs is 2. The van der Waals surface area contributed by atoms with Gasteiger partial charge in [-0.1, -0.05) is 54.1 Å². The fourth-order valence-corrected chi connectivity index (χ4v) is 4.89. The van der Waals surface area contributed by atoms with E-state index in [4.69, 9.17) is 11.6 Å². The van der Waals surface area contributed by atoms with Crippen molar-refractivity contribution in [3.05, 3.63) is 69.6 Å². The third-order valence-corrected chi connectivity index (χ3v) is 6.28. The van der Waals surface area contributed by atoms with Crippen molar-refractivity contribution in [2.75, 3.05) is 7.05 Å².